The van der Waals surface area contributed by atoms with Crippen molar-refractivity contribution in [3.05, 3.63) is 96.2 Å². The standard InChI is InChI=1S/C28H27N3O4S/c1-2-35-28(34)21-12-14-22(15-13-21)30-26(32)19-36-25-18-31(24-11-7-6-10-23(24)25)17-16-29-27(33)20-8-4-3-5-9-20/h3-15,18H,2,16-17,19H2,1H3,(H,29,33)(H,30,32). The fourth-order valence-corrected chi connectivity index (χ4v) is 4.63. The number of anilines is 1. The highest BCUT2D eigenvalue weighted by atomic mass is 32.2. The number of carbonyl (C=O) groups excluding carboxylic acids is 3. The molecule has 2 amide bonds. The number of benzene rings is 3. The smallest absolute Gasteiger partial charge is 0.338 e. The van der Waals surface area contributed by atoms with Gasteiger partial charge in [0.05, 0.1) is 17.9 Å². The van der Waals surface area contributed by atoms with Crippen molar-refractivity contribution < 1.29 is 19.1 Å². The molecule has 0 aliphatic rings. The maximum absolute atomic E-state index is 12.6. The molecular weight excluding hydrogens is 474 g/mol. The van der Waals surface area contributed by atoms with Crippen molar-refractivity contribution >= 4 is 46.1 Å². The van der Waals surface area contributed by atoms with Crippen LogP contribution in [-0.2, 0) is 16.1 Å². The number of para-hydroxylation sites is 1. The molecule has 0 aliphatic heterocycles. The second-order valence-corrected chi connectivity index (χ2v) is 8.98. The van der Waals surface area contributed by atoms with E-state index in [-0.39, 0.29) is 23.5 Å². The highest BCUT2D eigenvalue weighted by Crippen LogP contribution is 2.30. The molecule has 3 aromatic carbocycles. The molecule has 2 N–H and O–H groups in total. The Bertz CT molecular complexity index is 1350. The molecular formula is C28H27N3O4S. The lowest BCUT2D eigenvalue weighted by atomic mass is 10.2. The first kappa shape index (κ1) is 25.1. The van der Waals surface area contributed by atoms with Gasteiger partial charge in [0.15, 0.2) is 0 Å². The van der Waals surface area contributed by atoms with E-state index in [9.17, 15) is 14.4 Å². The van der Waals surface area contributed by atoms with Crippen LogP contribution in [0.25, 0.3) is 10.9 Å². The molecule has 1 heterocycles. The highest BCUT2D eigenvalue weighted by molar-refractivity contribution is 8.00. The van der Waals surface area contributed by atoms with Gasteiger partial charge in [-0.25, -0.2) is 4.79 Å². The summed E-state index contributed by atoms with van der Waals surface area (Å²) in [7, 11) is 0. The number of esters is 1. The van der Waals surface area contributed by atoms with Crippen LogP contribution < -0.4 is 10.6 Å². The van der Waals surface area contributed by atoms with Gasteiger partial charge in [-0.15, -0.1) is 11.8 Å². The number of hydrogen-bond donors (Lipinski definition) is 2. The number of carbonyl (C=O) groups is 3. The van der Waals surface area contributed by atoms with Gasteiger partial charge in [-0.2, -0.15) is 0 Å². The molecule has 184 valence electrons. The summed E-state index contributed by atoms with van der Waals surface area (Å²) in [6.07, 6.45) is 2.02. The summed E-state index contributed by atoms with van der Waals surface area (Å²) in [6, 6.07) is 23.8. The molecule has 4 rings (SSSR count). The number of nitrogens with one attached hydrogen (secondary N) is 2. The number of fused-ring (bicyclic) bond motifs is 1. The molecule has 7 nitrogen and oxygen atoms in total. The van der Waals surface area contributed by atoms with Crippen molar-refractivity contribution in [1.82, 2.24) is 9.88 Å². The van der Waals surface area contributed by atoms with Crippen molar-refractivity contribution in [2.45, 2.75) is 18.4 Å². The van der Waals surface area contributed by atoms with Crippen LogP contribution in [0.3, 0.4) is 0 Å². The lowest BCUT2D eigenvalue weighted by Crippen LogP contribution is -2.26. The third-order valence-electron chi connectivity index (χ3n) is 5.46. The summed E-state index contributed by atoms with van der Waals surface area (Å²) in [5, 5.41) is 6.88. The summed E-state index contributed by atoms with van der Waals surface area (Å²) in [5.74, 6) is -0.398. The van der Waals surface area contributed by atoms with Gasteiger partial charge >= 0.3 is 5.97 Å². The summed E-state index contributed by atoms with van der Waals surface area (Å²) < 4.78 is 7.07. The fourth-order valence-electron chi connectivity index (χ4n) is 3.74. The van der Waals surface area contributed by atoms with E-state index in [2.05, 4.69) is 15.2 Å². The largest absolute Gasteiger partial charge is 0.462 e. The molecule has 4 aromatic rings. The Morgan fingerprint density at radius 2 is 1.61 bits per heavy atom. The molecule has 0 atom stereocenters. The summed E-state index contributed by atoms with van der Waals surface area (Å²) in [5.41, 5.74) is 2.74. The van der Waals surface area contributed by atoms with Crippen LogP contribution in [0.2, 0.25) is 0 Å². The Morgan fingerprint density at radius 1 is 0.889 bits per heavy atom. The van der Waals surface area contributed by atoms with E-state index >= 15 is 0 Å². The van der Waals surface area contributed by atoms with Gasteiger partial charge < -0.3 is 19.9 Å². The zero-order valence-corrected chi connectivity index (χ0v) is 20.7. The zero-order valence-electron chi connectivity index (χ0n) is 19.9. The maximum Gasteiger partial charge on any atom is 0.338 e. The lowest BCUT2D eigenvalue weighted by Gasteiger charge is -2.07. The predicted molar refractivity (Wildman–Crippen MR) is 142 cm³/mol. The number of rotatable bonds is 10. The summed E-state index contributed by atoms with van der Waals surface area (Å²) in [6.45, 7) is 3.16. The van der Waals surface area contributed by atoms with Gasteiger partial charge in [0.2, 0.25) is 5.91 Å². The maximum atomic E-state index is 12.6. The third-order valence-corrected chi connectivity index (χ3v) is 6.51. The van der Waals surface area contributed by atoms with Crippen molar-refractivity contribution in [3.63, 3.8) is 0 Å². The molecule has 0 saturated heterocycles. The van der Waals surface area contributed by atoms with Crippen LogP contribution >= 0.6 is 11.8 Å². The monoisotopic (exact) mass is 501 g/mol. The number of ether oxygens (including phenoxy) is 1. The number of thioether (sulfide) groups is 1. The number of amides is 2. The number of hydrogen-bond acceptors (Lipinski definition) is 5. The average Bonchev–Trinajstić information content (AvgIpc) is 3.26. The van der Waals surface area contributed by atoms with E-state index in [1.807, 2.05) is 48.7 Å². The second kappa shape index (κ2) is 12.1. The minimum atomic E-state index is -0.387. The minimum absolute atomic E-state index is 0.103. The quantitative estimate of drug-likeness (QED) is 0.236. The molecule has 0 aliphatic carbocycles. The van der Waals surface area contributed by atoms with Crippen molar-refractivity contribution in [1.29, 1.82) is 0 Å². The Kier molecular flexibility index (Phi) is 8.41. The Balaban J connectivity index is 1.34. The van der Waals surface area contributed by atoms with Crippen molar-refractivity contribution in [3.8, 4) is 0 Å². The van der Waals surface area contributed by atoms with Crippen molar-refractivity contribution in [2.75, 3.05) is 24.2 Å². The topological polar surface area (TPSA) is 89.4 Å². The summed E-state index contributed by atoms with van der Waals surface area (Å²) >= 11 is 1.46. The average molecular weight is 502 g/mol. The molecule has 0 unspecified atom stereocenters. The molecule has 0 spiro atoms. The third kappa shape index (κ3) is 6.34. The number of aromatic nitrogens is 1. The second-order valence-electron chi connectivity index (χ2n) is 7.96. The van der Waals surface area contributed by atoms with E-state index in [0.29, 0.717) is 36.5 Å². The fraction of sp³-hybridized carbons (Fsp3) is 0.179. The van der Waals surface area contributed by atoms with Crippen LogP contribution in [-0.4, -0.2) is 41.3 Å². The molecule has 0 bridgehead atoms. The number of nitrogens with zero attached hydrogens (tertiary/aromatic N) is 1. The van der Waals surface area contributed by atoms with E-state index in [1.165, 1.54) is 11.8 Å². The van der Waals surface area contributed by atoms with Crippen LogP contribution in [0.4, 0.5) is 5.69 Å². The van der Waals surface area contributed by atoms with E-state index in [0.717, 1.165) is 15.8 Å². The van der Waals surface area contributed by atoms with Crippen LogP contribution in [0.5, 0.6) is 0 Å². The van der Waals surface area contributed by atoms with Gasteiger partial charge in [-0.05, 0) is 49.4 Å². The first-order valence-corrected chi connectivity index (χ1v) is 12.6. The molecule has 8 heteroatoms. The first-order valence-electron chi connectivity index (χ1n) is 11.7. The molecule has 1 aromatic heterocycles. The molecule has 36 heavy (non-hydrogen) atoms. The van der Waals surface area contributed by atoms with E-state index < -0.39 is 0 Å². The molecule has 0 radical (unpaired) electrons. The SMILES string of the molecule is CCOC(=O)c1ccc(NC(=O)CSc2cn(CCNC(=O)c3ccccc3)c3ccccc23)cc1. The van der Waals surface area contributed by atoms with Gasteiger partial charge in [0, 0.05) is 46.3 Å². The van der Waals surface area contributed by atoms with E-state index in [1.54, 1.807) is 43.3 Å². The predicted octanol–water partition coefficient (Wildman–Crippen LogP) is 4.98. The molecule has 0 fully saturated rings. The van der Waals surface area contributed by atoms with Gasteiger partial charge in [-0.1, -0.05) is 36.4 Å². The van der Waals surface area contributed by atoms with Gasteiger partial charge in [0.1, 0.15) is 0 Å². The lowest BCUT2D eigenvalue weighted by molar-refractivity contribution is -0.113. The van der Waals surface area contributed by atoms with E-state index in [4.69, 9.17) is 4.74 Å². The minimum Gasteiger partial charge on any atom is -0.462 e. The van der Waals surface area contributed by atoms with Crippen LogP contribution in [0.1, 0.15) is 27.6 Å². The Morgan fingerprint density at radius 3 is 2.36 bits per heavy atom. The van der Waals surface area contributed by atoms with Crippen molar-refractivity contribution in [2.24, 2.45) is 0 Å². The molecule has 0 saturated carbocycles. The Labute approximate surface area is 213 Å². The van der Waals surface area contributed by atoms with Crippen LogP contribution in [0.15, 0.2) is 90.0 Å². The first-order chi connectivity index (χ1) is 17.5. The summed E-state index contributed by atoms with van der Waals surface area (Å²) in [4.78, 5) is 37.6. The Hall–Kier alpha value is -4.04. The van der Waals surface area contributed by atoms with Gasteiger partial charge in [-0.3, -0.25) is 9.59 Å². The normalized spacial score (nSPS) is 10.7. The highest BCUT2D eigenvalue weighted by Gasteiger charge is 2.12. The zero-order chi connectivity index (χ0) is 25.3. The van der Waals surface area contributed by atoms with Gasteiger partial charge in [0.25, 0.3) is 5.91 Å². The van der Waals surface area contributed by atoms with Crippen LogP contribution in [0, 0.1) is 0 Å².